The molecule has 266 valence electrons. The van der Waals surface area contributed by atoms with E-state index in [1.807, 2.05) is 0 Å². The molecule has 51 heavy (non-hydrogen) atoms. The lowest BCUT2D eigenvalue weighted by Crippen LogP contribution is -2.29. The van der Waals surface area contributed by atoms with E-state index in [9.17, 15) is 31.0 Å². The van der Waals surface area contributed by atoms with Crippen LogP contribution in [0.3, 0.4) is 0 Å². The molecule has 0 amide bonds. The predicted molar refractivity (Wildman–Crippen MR) is 193 cm³/mol. The van der Waals surface area contributed by atoms with Gasteiger partial charge in [-0.3, -0.25) is 13.8 Å². The van der Waals surface area contributed by atoms with Crippen LogP contribution in [0.15, 0.2) is 94.7 Å². The molecule has 0 fully saturated rings. The Morgan fingerprint density at radius 3 is 1.47 bits per heavy atom. The fourth-order valence-electron chi connectivity index (χ4n) is 5.48. The smallest absolute Gasteiger partial charge is 0.239 e. The number of halogens is 4. The van der Waals surface area contributed by atoms with Gasteiger partial charge in [0.05, 0.1) is 36.9 Å². The summed E-state index contributed by atoms with van der Waals surface area (Å²) >= 11 is 12.2. The number of rotatable bonds is 6. The Balaban J connectivity index is 0.000000198. The maximum atomic E-state index is 13.6. The molecule has 2 aliphatic rings. The molecule has 1 atom stereocenters. The summed E-state index contributed by atoms with van der Waals surface area (Å²) in [5.74, 6) is -0.924. The standard InChI is InChI=1S/C19H16ClFO3S.C18H15ClFNO4S/c1-19(2)18(22)16(11-5-4-6-13(21)9-11)17(24-19)12-7-8-15(25(3)23)14(20)10-12;1-18(2)17(22)15(10-4-3-5-12(20)8-10)16(25-18)11-6-7-14(13(19)9-11)26(21,23)24/h4-10H,1-3H3;3-9H,1-2H3,(H2,21,23,24). The zero-order chi connectivity index (χ0) is 37.6. The van der Waals surface area contributed by atoms with Crippen molar-refractivity contribution in [3.05, 3.63) is 129 Å². The second kappa shape index (κ2) is 14.1. The maximum Gasteiger partial charge on any atom is 0.239 e. The van der Waals surface area contributed by atoms with Gasteiger partial charge in [-0.2, -0.15) is 0 Å². The number of nitrogens with two attached hydrogens (primary N) is 1. The van der Waals surface area contributed by atoms with Gasteiger partial charge < -0.3 is 9.47 Å². The van der Waals surface area contributed by atoms with Gasteiger partial charge in [0, 0.05) is 17.4 Å². The number of ether oxygens (including phenoxy) is 2. The van der Waals surface area contributed by atoms with Crippen LogP contribution in [-0.2, 0) is 39.9 Å². The molecule has 0 aromatic heterocycles. The van der Waals surface area contributed by atoms with E-state index >= 15 is 0 Å². The van der Waals surface area contributed by atoms with Crippen LogP contribution in [0.25, 0.3) is 22.7 Å². The van der Waals surface area contributed by atoms with Gasteiger partial charge in [-0.1, -0.05) is 47.5 Å². The molecule has 14 heteroatoms. The Morgan fingerprint density at radius 1 is 0.667 bits per heavy atom. The number of Topliss-reactive ketones (excluding diaryl/α,β-unsaturated/α-hetero) is 2. The van der Waals surface area contributed by atoms with Crippen LogP contribution in [0.1, 0.15) is 49.9 Å². The van der Waals surface area contributed by atoms with E-state index in [0.717, 1.165) is 0 Å². The molecule has 0 bridgehead atoms. The van der Waals surface area contributed by atoms with Crippen molar-refractivity contribution in [2.45, 2.75) is 48.7 Å². The van der Waals surface area contributed by atoms with E-state index in [-0.39, 0.29) is 32.8 Å². The summed E-state index contributed by atoms with van der Waals surface area (Å²) in [4.78, 5) is 25.8. The molecule has 0 spiro atoms. The number of sulfonamides is 1. The minimum atomic E-state index is -3.98. The second-order valence-electron chi connectivity index (χ2n) is 12.6. The van der Waals surface area contributed by atoms with Crippen LogP contribution in [0, 0.1) is 11.6 Å². The largest absolute Gasteiger partial charge is 0.478 e. The highest BCUT2D eigenvalue weighted by Crippen LogP contribution is 2.43. The van der Waals surface area contributed by atoms with Crippen LogP contribution < -0.4 is 5.14 Å². The molecule has 2 aliphatic heterocycles. The van der Waals surface area contributed by atoms with E-state index in [1.54, 1.807) is 64.1 Å². The highest BCUT2D eigenvalue weighted by molar-refractivity contribution is 7.89. The van der Waals surface area contributed by atoms with Gasteiger partial charge >= 0.3 is 0 Å². The Labute approximate surface area is 306 Å². The summed E-state index contributed by atoms with van der Waals surface area (Å²) in [6, 6.07) is 20.4. The summed E-state index contributed by atoms with van der Waals surface area (Å²) in [5.41, 5.74) is 0.0857. The summed E-state index contributed by atoms with van der Waals surface area (Å²) in [6.45, 7) is 6.53. The Hall–Kier alpha value is -4.20. The minimum absolute atomic E-state index is 0.100. The topological polar surface area (TPSA) is 130 Å². The SMILES string of the molecule is CC1(C)OC(c2ccc(S(N)(=O)=O)c(Cl)c2)=C(c2cccc(F)c2)C1=O.CS(=O)c1ccc(C2=C(c3cccc(F)c3)C(=O)C(C)(C)O2)cc1Cl. The van der Waals surface area contributed by atoms with Crippen molar-refractivity contribution in [1.29, 1.82) is 0 Å². The fraction of sp³-hybridized carbons (Fsp3) is 0.189. The van der Waals surface area contributed by atoms with Crippen molar-refractivity contribution in [2.75, 3.05) is 6.26 Å². The third-order valence-electron chi connectivity index (χ3n) is 7.95. The van der Waals surface area contributed by atoms with Gasteiger partial charge in [-0.15, -0.1) is 0 Å². The summed E-state index contributed by atoms with van der Waals surface area (Å²) < 4.78 is 73.7. The first kappa shape index (κ1) is 38.0. The summed E-state index contributed by atoms with van der Waals surface area (Å²) in [6.07, 6.45) is 1.54. The van der Waals surface area contributed by atoms with Crippen LogP contribution in [0.4, 0.5) is 8.78 Å². The zero-order valence-electron chi connectivity index (χ0n) is 27.8. The lowest BCUT2D eigenvalue weighted by atomic mass is 9.92. The summed E-state index contributed by atoms with van der Waals surface area (Å²) in [5, 5.41) is 5.33. The number of hydrogen-bond donors (Lipinski definition) is 1. The summed E-state index contributed by atoms with van der Waals surface area (Å²) in [7, 11) is -5.21. The molecular weight excluding hydrogens is 743 g/mol. The molecule has 2 N–H and O–H groups in total. The number of benzene rings is 4. The first-order valence-corrected chi connectivity index (χ1v) is 19.0. The maximum absolute atomic E-state index is 13.6. The van der Waals surface area contributed by atoms with Gasteiger partial charge in [0.25, 0.3) is 0 Å². The quantitative estimate of drug-likeness (QED) is 0.211. The van der Waals surface area contributed by atoms with Crippen molar-refractivity contribution >= 4 is 78.3 Å². The van der Waals surface area contributed by atoms with Gasteiger partial charge in [0.2, 0.25) is 21.6 Å². The first-order chi connectivity index (χ1) is 23.7. The zero-order valence-corrected chi connectivity index (χ0v) is 31.0. The molecule has 0 aliphatic carbocycles. The van der Waals surface area contributed by atoms with E-state index < -0.39 is 43.7 Å². The van der Waals surface area contributed by atoms with Gasteiger partial charge in [-0.25, -0.2) is 22.3 Å². The molecule has 4 aromatic carbocycles. The fourth-order valence-corrected chi connectivity index (χ4v) is 7.67. The molecule has 1 unspecified atom stereocenters. The van der Waals surface area contributed by atoms with E-state index in [0.29, 0.717) is 43.5 Å². The highest BCUT2D eigenvalue weighted by Gasteiger charge is 2.44. The van der Waals surface area contributed by atoms with Crippen LogP contribution in [0.2, 0.25) is 10.0 Å². The molecule has 0 radical (unpaired) electrons. The monoisotopic (exact) mass is 773 g/mol. The first-order valence-electron chi connectivity index (χ1n) is 15.2. The lowest BCUT2D eigenvalue weighted by molar-refractivity contribution is -0.125. The molecule has 6 rings (SSSR count). The third kappa shape index (κ3) is 7.85. The number of hydrogen-bond acceptors (Lipinski definition) is 7. The Bertz CT molecular complexity index is 2320. The number of primary sulfonamides is 1. The molecule has 8 nitrogen and oxygen atoms in total. The van der Waals surface area contributed by atoms with Crippen LogP contribution in [0.5, 0.6) is 0 Å². The van der Waals surface area contributed by atoms with Crippen molar-refractivity contribution in [1.82, 2.24) is 0 Å². The van der Waals surface area contributed by atoms with Crippen molar-refractivity contribution in [3.8, 4) is 0 Å². The van der Waals surface area contributed by atoms with Crippen molar-refractivity contribution in [3.63, 3.8) is 0 Å². The van der Waals surface area contributed by atoms with E-state index in [2.05, 4.69) is 0 Å². The van der Waals surface area contributed by atoms with Gasteiger partial charge in [0.15, 0.2) is 11.2 Å². The predicted octanol–water partition coefficient (Wildman–Crippen LogP) is 7.84. The highest BCUT2D eigenvalue weighted by atomic mass is 35.5. The van der Waals surface area contributed by atoms with Gasteiger partial charge in [-0.05, 0) is 99.5 Å². The van der Waals surface area contributed by atoms with Crippen molar-refractivity contribution in [2.24, 2.45) is 5.14 Å². The Morgan fingerprint density at radius 2 is 1.10 bits per heavy atom. The molecule has 4 aromatic rings. The van der Waals surface area contributed by atoms with E-state index in [4.69, 9.17) is 37.8 Å². The molecule has 0 saturated carbocycles. The van der Waals surface area contributed by atoms with Crippen molar-refractivity contribution < 1.29 is 40.5 Å². The normalized spacial score (nSPS) is 17.1. The second-order valence-corrected chi connectivity index (χ2v) is 16.3. The van der Waals surface area contributed by atoms with Gasteiger partial charge in [0.1, 0.15) is 28.0 Å². The molecule has 2 heterocycles. The van der Waals surface area contributed by atoms with E-state index in [1.165, 1.54) is 54.8 Å². The lowest BCUT2D eigenvalue weighted by Gasteiger charge is -2.18. The van der Waals surface area contributed by atoms with Crippen LogP contribution in [-0.4, -0.2) is 41.7 Å². The number of ketones is 2. The average Bonchev–Trinajstić information content (AvgIpc) is 3.42. The van der Waals surface area contributed by atoms with Crippen LogP contribution >= 0.6 is 23.2 Å². The third-order valence-corrected chi connectivity index (χ3v) is 10.7. The molecule has 0 saturated heterocycles. The number of carbonyl (C=O) groups excluding carboxylic acids is 2. The molecular formula is C37H31Cl2F2NO7S2. The average molecular weight is 775 g/mol. The Kier molecular flexibility index (Phi) is 10.5. The minimum Gasteiger partial charge on any atom is -0.478 e. The number of carbonyl (C=O) groups is 2.